The summed E-state index contributed by atoms with van der Waals surface area (Å²) in [6.45, 7) is 0. The van der Waals surface area contributed by atoms with Crippen molar-refractivity contribution < 1.29 is 18.0 Å². The second kappa shape index (κ2) is 6.84. The van der Waals surface area contributed by atoms with Crippen LogP contribution in [0.2, 0.25) is 0 Å². The second-order valence-corrected chi connectivity index (χ2v) is 8.87. The van der Waals surface area contributed by atoms with Crippen molar-refractivity contribution in [2.75, 3.05) is 6.26 Å². The van der Waals surface area contributed by atoms with E-state index in [0.717, 1.165) is 6.26 Å². The minimum Gasteiger partial charge on any atom is -0.351 e. The molecule has 1 aromatic rings. The van der Waals surface area contributed by atoms with Crippen molar-refractivity contribution >= 4 is 95.6 Å². The van der Waals surface area contributed by atoms with Crippen molar-refractivity contribution in [3.05, 3.63) is 27.9 Å². The molecule has 0 saturated carbocycles. The molecule has 19 heavy (non-hydrogen) atoms. The highest BCUT2D eigenvalue weighted by Crippen LogP contribution is 2.44. The van der Waals surface area contributed by atoms with Gasteiger partial charge < -0.3 is 4.84 Å². The number of rotatable bonds is 3. The van der Waals surface area contributed by atoms with Gasteiger partial charge in [0.25, 0.3) is 0 Å². The van der Waals surface area contributed by atoms with Crippen LogP contribution in [0.15, 0.2) is 22.4 Å². The van der Waals surface area contributed by atoms with Crippen LogP contribution in [0.4, 0.5) is 0 Å². The number of halogens is 5. The molecule has 0 amide bonds. The largest absolute Gasteiger partial charge is 0.360 e. The lowest BCUT2D eigenvalue weighted by atomic mass is 10.2. The summed E-state index contributed by atoms with van der Waals surface area (Å²) in [4.78, 5) is 18.1. The standard InChI is InChI=1S/C8H4Br5NO4S/c1-19(16,17)14-18-8(15)2-3(9)5(11)7(13)6(12)4(2)10/h14H,1H3. The summed E-state index contributed by atoms with van der Waals surface area (Å²) in [5.41, 5.74) is 0.123. The Morgan fingerprint density at radius 2 is 1.32 bits per heavy atom. The number of sulfonamides is 1. The molecule has 1 N–H and O–H groups in total. The first kappa shape index (κ1) is 18.1. The third-order valence-electron chi connectivity index (χ3n) is 1.70. The predicted octanol–water partition coefficient (Wildman–Crippen LogP) is 4.12. The molecule has 0 radical (unpaired) electrons. The Morgan fingerprint density at radius 1 is 0.947 bits per heavy atom. The molecule has 0 unspecified atom stereocenters. The lowest BCUT2D eigenvalue weighted by Gasteiger charge is -2.12. The Balaban J connectivity index is 3.25. The van der Waals surface area contributed by atoms with Gasteiger partial charge in [0.15, 0.2) is 0 Å². The second-order valence-electron chi connectivity index (χ2n) is 3.19. The van der Waals surface area contributed by atoms with E-state index in [1.165, 1.54) is 0 Å². The fraction of sp³-hybridized carbons (Fsp3) is 0.125. The van der Waals surface area contributed by atoms with Crippen molar-refractivity contribution in [1.29, 1.82) is 0 Å². The Labute approximate surface area is 151 Å². The van der Waals surface area contributed by atoms with Crippen LogP contribution < -0.4 is 4.89 Å². The molecular weight excluding hydrogens is 606 g/mol. The number of carbonyl (C=O) groups excluding carboxylic acids is 1. The molecule has 0 aliphatic heterocycles. The molecule has 1 aromatic carbocycles. The zero-order chi connectivity index (χ0) is 15.0. The summed E-state index contributed by atoms with van der Waals surface area (Å²) in [6, 6.07) is 0. The van der Waals surface area contributed by atoms with E-state index in [-0.39, 0.29) is 5.56 Å². The normalized spacial score (nSPS) is 11.5. The quantitative estimate of drug-likeness (QED) is 0.318. The van der Waals surface area contributed by atoms with E-state index in [0.29, 0.717) is 22.4 Å². The monoisotopic (exact) mass is 605 g/mol. The summed E-state index contributed by atoms with van der Waals surface area (Å²) in [5.74, 6) is -0.863. The van der Waals surface area contributed by atoms with Gasteiger partial charge in [0.05, 0.1) is 11.8 Å². The van der Waals surface area contributed by atoms with Crippen LogP contribution in [-0.2, 0) is 14.9 Å². The molecule has 106 valence electrons. The van der Waals surface area contributed by atoms with Crippen molar-refractivity contribution in [2.45, 2.75) is 0 Å². The maximum atomic E-state index is 11.9. The summed E-state index contributed by atoms with van der Waals surface area (Å²) >= 11 is 16.3. The van der Waals surface area contributed by atoms with Crippen LogP contribution in [0.3, 0.4) is 0 Å². The molecule has 1 rings (SSSR count). The molecule has 5 nitrogen and oxygen atoms in total. The van der Waals surface area contributed by atoms with E-state index in [9.17, 15) is 13.2 Å². The van der Waals surface area contributed by atoms with Crippen LogP contribution >= 0.6 is 79.6 Å². The van der Waals surface area contributed by atoms with E-state index in [2.05, 4.69) is 84.5 Å². The first-order valence-corrected chi connectivity index (χ1v) is 10.1. The number of nitrogens with one attached hydrogen (secondary N) is 1. The van der Waals surface area contributed by atoms with Gasteiger partial charge in [-0.15, -0.1) is 0 Å². The zero-order valence-electron chi connectivity index (χ0n) is 8.93. The van der Waals surface area contributed by atoms with E-state index >= 15 is 0 Å². The highest BCUT2D eigenvalue weighted by Gasteiger charge is 2.24. The summed E-state index contributed by atoms with van der Waals surface area (Å²) < 4.78 is 24.4. The average Bonchev–Trinajstić information content (AvgIpc) is 2.31. The Hall–Kier alpha value is 1.000. The molecule has 0 atom stereocenters. The summed E-state index contributed by atoms with van der Waals surface area (Å²) in [6.07, 6.45) is 0.873. The van der Waals surface area contributed by atoms with Gasteiger partial charge in [0.2, 0.25) is 10.0 Å². The summed E-state index contributed by atoms with van der Waals surface area (Å²) in [7, 11) is -3.64. The molecule has 0 aliphatic carbocycles. The summed E-state index contributed by atoms with van der Waals surface area (Å²) in [5, 5.41) is 0. The fourth-order valence-electron chi connectivity index (χ4n) is 0.949. The Bertz CT molecular complexity index is 616. The molecule has 11 heteroatoms. The minimum absolute atomic E-state index is 0.123. The van der Waals surface area contributed by atoms with Gasteiger partial charge in [-0.2, -0.15) is 0 Å². The molecule has 0 aromatic heterocycles. The highest BCUT2D eigenvalue weighted by atomic mass is 79.9. The van der Waals surface area contributed by atoms with Crippen LogP contribution in [0, 0.1) is 0 Å². The molecule has 0 aliphatic rings. The Kier molecular flexibility index (Phi) is 6.50. The molecule has 0 fully saturated rings. The van der Waals surface area contributed by atoms with Crippen LogP contribution in [0.1, 0.15) is 10.4 Å². The predicted molar refractivity (Wildman–Crippen MR) is 88.3 cm³/mol. The molecule has 0 spiro atoms. The lowest BCUT2D eigenvalue weighted by Crippen LogP contribution is -2.26. The topological polar surface area (TPSA) is 72.5 Å². The SMILES string of the molecule is CS(=O)(=O)NOC(=O)c1c(Br)c(Br)c(Br)c(Br)c1Br. The van der Waals surface area contributed by atoms with Crippen LogP contribution in [-0.4, -0.2) is 20.6 Å². The smallest absolute Gasteiger partial charge is 0.351 e. The molecule has 0 saturated heterocycles. The number of hydrogen-bond acceptors (Lipinski definition) is 4. The van der Waals surface area contributed by atoms with Gasteiger partial charge in [-0.1, -0.05) is 0 Å². The minimum atomic E-state index is -3.64. The molecule has 0 bridgehead atoms. The van der Waals surface area contributed by atoms with Gasteiger partial charge in [0.1, 0.15) is 0 Å². The van der Waals surface area contributed by atoms with Crippen LogP contribution in [0.5, 0.6) is 0 Å². The third kappa shape index (κ3) is 4.48. The van der Waals surface area contributed by atoms with Crippen molar-refractivity contribution in [3.63, 3.8) is 0 Å². The number of carbonyl (C=O) groups is 1. The third-order valence-corrected chi connectivity index (χ3v) is 8.18. The van der Waals surface area contributed by atoms with Gasteiger partial charge in [0, 0.05) is 22.4 Å². The zero-order valence-corrected chi connectivity index (χ0v) is 17.7. The van der Waals surface area contributed by atoms with Crippen molar-refractivity contribution in [3.8, 4) is 0 Å². The van der Waals surface area contributed by atoms with Crippen molar-refractivity contribution in [1.82, 2.24) is 4.89 Å². The molecular formula is C8H4Br5NO4S. The number of benzene rings is 1. The van der Waals surface area contributed by atoms with E-state index in [1.54, 1.807) is 4.89 Å². The van der Waals surface area contributed by atoms with Gasteiger partial charge >= 0.3 is 5.97 Å². The lowest BCUT2D eigenvalue weighted by molar-refractivity contribution is 0.0406. The first-order chi connectivity index (χ1) is 8.56. The maximum Gasteiger partial charge on any atom is 0.360 e. The first-order valence-electron chi connectivity index (χ1n) is 4.25. The fourth-order valence-corrected chi connectivity index (χ4v) is 4.55. The average molecular weight is 610 g/mol. The molecule has 0 heterocycles. The van der Waals surface area contributed by atoms with E-state index in [4.69, 9.17) is 0 Å². The van der Waals surface area contributed by atoms with Crippen molar-refractivity contribution in [2.24, 2.45) is 0 Å². The van der Waals surface area contributed by atoms with Crippen LogP contribution in [0.25, 0.3) is 0 Å². The van der Waals surface area contributed by atoms with E-state index in [1.807, 2.05) is 0 Å². The number of hydrogen-bond donors (Lipinski definition) is 1. The Morgan fingerprint density at radius 3 is 1.68 bits per heavy atom. The van der Waals surface area contributed by atoms with Gasteiger partial charge in [-0.25, -0.2) is 13.2 Å². The van der Waals surface area contributed by atoms with Gasteiger partial charge in [-0.05, 0) is 84.5 Å². The van der Waals surface area contributed by atoms with E-state index < -0.39 is 16.0 Å². The highest BCUT2D eigenvalue weighted by molar-refractivity contribution is 9.15. The van der Waals surface area contributed by atoms with Gasteiger partial charge in [-0.3, -0.25) is 0 Å². The maximum absolute atomic E-state index is 11.9.